The molecule has 0 spiro atoms. The summed E-state index contributed by atoms with van der Waals surface area (Å²) in [4.78, 5) is 38.8. The number of ether oxygens (including phenoxy) is 2. The highest BCUT2D eigenvalue weighted by molar-refractivity contribution is 5.69. The van der Waals surface area contributed by atoms with Gasteiger partial charge in [0.1, 0.15) is 18.4 Å². The Kier molecular flexibility index (Phi) is 18.3. The van der Waals surface area contributed by atoms with Crippen LogP contribution in [-0.2, 0) is 14.3 Å². The second kappa shape index (κ2) is 19.0. The summed E-state index contributed by atoms with van der Waals surface area (Å²) in [5.41, 5.74) is -0.661. The number of hydrogen-bond donors (Lipinski definition) is 2. The molecule has 2 rings (SSSR count). The molecule has 240 valence electrons. The molecule has 0 aliphatic carbocycles. The predicted molar refractivity (Wildman–Crippen MR) is 152 cm³/mol. The SMILES string of the molecule is CC[N+](CC)(CC)CCCC[N+](CC)(CC)CCCCC(=O)O[C@H]1C[C@H](n2cc(C)c(=O)[nH]c2=O)O[C@@H]1CO.[Cl-].[Cl-]. The monoisotopic (exact) mass is 624 g/mol. The third kappa shape index (κ3) is 11.0. The third-order valence-electron chi connectivity index (χ3n) is 9.23. The highest BCUT2D eigenvalue weighted by Gasteiger charge is 2.39. The van der Waals surface area contributed by atoms with Gasteiger partial charge in [0.2, 0.25) is 0 Å². The van der Waals surface area contributed by atoms with E-state index in [1.807, 2.05) is 0 Å². The molecule has 10 nitrogen and oxygen atoms in total. The number of aliphatic hydroxyl groups is 1. The molecule has 0 aromatic carbocycles. The number of halogens is 2. The van der Waals surface area contributed by atoms with Crippen molar-refractivity contribution in [2.75, 3.05) is 59.0 Å². The zero-order chi connectivity index (χ0) is 29.1. The maximum Gasteiger partial charge on any atom is 0.330 e. The minimum atomic E-state index is -0.717. The van der Waals surface area contributed by atoms with Gasteiger partial charge in [0.05, 0.1) is 59.0 Å². The van der Waals surface area contributed by atoms with Crippen LogP contribution in [0.15, 0.2) is 15.8 Å². The second-order valence-electron chi connectivity index (χ2n) is 11.2. The van der Waals surface area contributed by atoms with Crippen LogP contribution in [0.1, 0.15) is 84.9 Å². The number of H-pyrrole nitrogens is 1. The van der Waals surface area contributed by atoms with E-state index in [9.17, 15) is 19.5 Å². The summed E-state index contributed by atoms with van der Waals surface area (Å²) in [6, 6.07) is 0. The number of aromatic amines is 1. The minimum Gasteiger partial charge on any atom is -1.00 e. The van der Waals surface area contributed by atoms with Crippen LogP contribution >= 0.6 is 0 Å². The number of nitrogens with one attached hydrogen (secondary N) is 1. The van der Waals surface area contributed by atoms with Crippen molar-refractivity contribution in [3.8, 4) is 0 Å². The zero-order valence-corrected chi connectivity index (χ0v) is 27.5. The molecule has 1 aliphatic rings. The number of carbonyl (C=O) groups excluding carboxylic acids is 1. The molecule has 3 atom stereocenters. The van der Waals surface area contributed by atoms with E-state index in [0.717, 1.165) is 37.0 Å². The number of rotatable bonds is 18. The Morgan fingerprint density at radius 2 is 1.46 bits per heavy atom. The molecule has 1 aliphatic heterocycles. The molecule has 12 heteroatoms. The molecular formula is C29H54Cl2N4O6. The number of aliphatic hydroxyl groups excluding tert-OH is 1. The lowest BCUT2D eigenvalue weighted by Crippen LogP contribution is -3.00. The summed E-state index contributed by atoms with van der Waals surface area (Å²) in [5.74, 6) is -0.313. The van der Waals surface area contributed by atoms with E-state index in [4.69, 9.17) is 9.47 Å². The fraction of sp³-hybridized carbons (Fsp3) is 0.828. The van der Waals surface area contributed by atoms with Gasteiger partial charge in [-0.1, -0.05) is 0 Å². The van der Waals surface area contributed by atoms with Gasteiger partial charge in [0.25, 0.3) is 5.56 Å². The number of esters is 1. The first-order chi connectivity index (χ1) is 18.6. The van der Waals surface area contributed by atoms with Gasteiger partial charge in [-0.15, -0.1) is 0 Å². The van der Waals surface area contributed by atoms with Gasteiger partial charge in [0.15, 0.2) is 0 Å². The van der Waals surface area contributed by atoms with Gasteiger partial charge in [-0.25, -0.2) is 4.79 Å². The average Bonchev–Trinajstić information content (AvgIpc) is 3.34. The summed E-state index contributed by atoms with van der Waals surface area (Å²) < 4.78 is 15.0. The van der Waals surface area contributed by atoms with Gasteiger partial charge >= 0.3 is 11.7 Å². The number of unbranched alkanes of at least 4 members (excludes halogenated alkanes) is 2. The standard InChI is InChI=1S/C29H53N4O6.2ClH/c1-7-32(8-2,9-3)17-14-15-19-33(10-4,11-5)18-13-12-16-27(35)39-24-20-26(38-25(24)22-34)31-21-23(6)28(36)30-29(31)37;;/h21,24-26,34H,7-20,22H2,1-6H3;2*1H/q+1;;/p-1/t24-,25+,26+;;/m0../s1. The maximum atomic E-state index is 12.6. The van der Waals surface area contributed by atoms with Gasteiger partial charge < -0.3 is 48.4 Å². The molecule has 1 saturated heterocycles. The van der Waals surface area contributed by atoms with E-state index >= 15 is 0 Å². The quantitative estimate of drug-likeness (QED) is 0.101. The van der Waals surface area contributed by atoms with E-state index in [-0.39, 0.29) is 43.8 Å². The van der Waals surface area contributed by atoms with Crippen molar-refractivity contribution >= 4 is 5.97 Å². The minimum absolute atomic E-state index is 0. The summed E-state index contributed by atoms with van der Waals surface area (Å²) >= 11 is 0. The van der Waals surface area contributed by atoms with Crippen molar-refractivity contribution in [3.05, 3.63) is 32.6 Å². The van der Waals surface area contributed by atoms with Gasteiger partial charge in [-0.3, -0.25) is 19.1 Å². The van der Waals surface area contributed by atoms with E-state index in [0.29, 0.717) is 12.0 Å². The van der Waals surface area contributed by atoms with Crippen molar-refractivity contribution < 1.29 is 53.2 Å². The summed E-state index contributed by atoms with van der Waals surface area (Å²) in [5, 5.41) is 9.75. The molecule has 0 saturated carbocycles. The first-order valence-corrected chi connectivity index (χ1v) is 15.1. The van der Waals surface area contributed by atoms with Crippen LogP contribution in [0.3, 0.4) is 0 Å². The Bertz CT molecular complexity index is 1000. The molecule has 0 unspecified atom stereocenters. The van der Waals surface area contributed by atoms with Crippen LogP contribution in [0.5, 0.6) is 0 Å². The van der Waals surface area contributed by atoms with Gasteiger partial charge in [-0.05, 0) is 54.4 Å². The maximum absolute atomic E-state index is 12.6. The molecule has 41 heavy (non-hydrogen) atoms. The number of carbonyl (C=O) groups is 1. The van der Waals surface area contributed by atoms with E-state index in [1.165, 1.54) is 60.8 Å². The van der Waals surface area contributed by atoms with Crippen molar-refractivity contribution in [2.24, 2.45) is 0 Å². The Morgan fingerprint density at radius 1 is 0.951 bits per heavy atom. The van der Waals surface area contributed by atoms with Crippen LogP contribution in [0.4, 0.5) is 0 Å². The number of aryl methyl sites for hydroxylation is 1. The number of aromatic nitrogens is 2. The van der Waals surface area contributed by atoms with Crippen molar-refractivity contribution in [1.29, 1.82) is 0 Å². The van der Waals surface area contributed by atoms with Crippen molar-refractivity contribution in [2.45, 2.75) is 98.5 Å². The largest absolute Gasteiger partial charge is 1.00 e. The van der Waals surface area contributed by atoms with E-state index < -0.39 is 29.7 Å². The fourth-order valence-electron chi connectivity index (χ4n) is 5.91. The van der Waals surface area contributed by atoms with Crippen LogP contribution < -0.4 is 36.1 Å². The zero-order valence-electron chi connectivity index (χ0n) is 26.0. The topological polar surface area (TPSA) is 111 Å². The summed E-state index contributed by atoms with van der Waals surface area (Å²) in [6.45, 7) is 22.0. The Balaban J connectivity index is 0.00000800. The summed E-state index contributed by atoms with van der Waals surface area (Å²) in [6.07, 6.45) is 4.09. The fourth-order valence-corrected chi connectivity index (χ4v) is 5.91. The third-order valence-corrected chi connectivity index (χ3v) is 9.23. The van der Waals surface area contributed by atoms with Gasteiger partial charge in [-0.2, -0.15) is 0 Å². The highest BCUT2D eigenvalue weighted by Crippen LogP contribution is 2.30. The second-order valence-corrected chi connectivity index (χ2v) is 11.2. The molecule has 1 fully saturated rings. The number of nitrogens with zero attached hydrogens (tertiary/aromatic N) is 3. The van der Waals surface area contributed by atoms with Crippen LogP contribution in [-0.4, -0.2) is 101 Å². The van der Waals surface area contributed by atoms with Crippen molar-refractivity contribution in [3.63, 3.8) is 0 Å². The highest BCUT2D eigenvalue weighted by atomic mass is 35.5. The Labute approximate surface area is 258 Å². The lowest BCUT2D eigenvalue weighted by atomic mass is 10.1. The first-order valence-electron chi connectivity index (χ1n) is 15.1. The smallest absolute Gasteiger partial charge is 0.330 e. The molecular weight excluding hydrogens is 571 g/mol. The molecule has 2 heterocycles. The summed E-state index contributed by atoms with van der Waals surface area (Å²) in [7, 11) is 0. The lowest BCUT2D eigenvalue weighted by molar-refractivity contribution is -0.930. The predicted octanol–water partition coefficient (Wildman–Crippen LogP) is -3.27. The number of quaternary nitrogens is 2. The molecule has 1 aromatic rings. The normalized spacial score (nSPS) is 19.0. The van der Waals surface area contributed by atoms with Gasteiger partial charge in [0, 0.05) is 37.4 Å². The van der Waals surface area contributed by atoms with E-state index in [2.05, 4.69) is 39.6 Å². The molecule has 0 bridgehead atoms. The average molecular weight is 626 g/mol. The molecule has 0 radical (unpaired) electrons. The first kappa shape index (κ1) is 39.6. The molecule has 2 N–H and O–H groups in total. The lowest BCUT2D eigenvalue weighted by Gasteiger charge is -2.38. The van der Waals surface area contributed by atoms with E-state index in [1.54, 1.807) is 6.92 Å². The van der Waals surface area contributed by atoms with Crippen LogP contribution in [0.2, 0.25) is 0 Å². The Morgan fingerprint density at radius 3 is 1.98 bits per heavy atom. The Hall–Kier alpha value is -1.43. The van der Waals surface area contributed by atoms with Crippen LogP contribution in [0.25, 0.3) is 0 Å². The molecule has 1 aromatic heterocycles. The number of hydrogen-bond acceptors (Lipinski definition) is 6. The van der Waals surface area contributed by atoms with Crippen LogP contribution in [0, 0.1) is 6.92 Å². The molecule has 0 amide bonds. The van der Waals surface area contributed by atoms with Crippen molar-refractivity contribution in [1.82, 2.24) is 9.55 Å².